The van der Waals surface area contributed by atoms with Crippen LogP contribution in [0.2, 0.25) is 0 Å². The number of nitro groups is 1. The minimum atomic E-state index is -0.894. The SMILES string of the molecule is COc1cc2c(cc1OC)[C@H]1[C@H]([N+](=O)[O-])CC(=O)N1CC2. The van der Waals surface area contributed by atoms with E-state index in [1.165, 1.54) is 7.11 Å². The van der Waals surface area contributed by atoms with Gasteiger partial charge in [-0.2, -0.15) is 0 Å². The van der Waals surface area contributed by atoms with Crippen LogP contribution in [0.15, 0.2) is 12.1 Å². The average Bonchev–Trinajstić information content (AvgIpc) is 2.83. The maximum atomic E-state index is 12.0. The van der Waals surface area contributed by atoms with Gasteiger partial charge in [0.1, 0.15) is 6.04 Å². The summed E-state index contributed by atoms with van der Waals surface area (Å²) in [5.41, 5.74) is 1.78. The number of ether oxygens (including phenoxy) is 2. The van der Waals surface area contributed by atoms with Gasteiger partial charge in [0.2, 0.25) is 11.9 Å². The van der Waals surface area contributed by atoms with Crippen LogP contribution in [0.25, 0.3) is 0 Å². The van der Waals surface area contributed by atoms with Crippen LogP contribution >= 0.6 is 0 Å². The van der Waals surface area contributed by atoms with Gasteiger partial charge >= 0.3 is 0 Å². The van der Waals surface area contributed by atoms with E-state index in [0.29, 0.717) is 24.5 Å². The lowest BCUT2D eigenvalue weighted by molar-refractivity contribution is -0.525. The maximum Gasteiger partial charge on any atom is 0.246 e. The van der Waals surface area contributed by atoms with E-state index in [-0.39, 0.29) is 17.3 Å². The molecular formula is C14H16N2O5. The van der Waals surface area contributed by atoms with Gasteiger partial charge in [-0.1, -0.05) is 0 Å². The number of fused-ring (bicyclic) bond motifs is 3. The molecule has 0 saturated carbocycles. The molecule has 0 N–H and O–H groups in total. The summed E-state index contributed by atoms with van der Waals surface area (Å²) in [5.74, 6) is 0.980. The second-order valence-corrected chi connectivity index (χ2v) is 5.24. The summed E-state index contributed by atoms with van der Waals surface area (Å²) < 4.78 is 10.5. The van der Waals surface area contributed by atoms with E-state index >= 15 is 0 Å². The van der Waals surface area contributed by atoms with Gasteiger partial charge in [0.25, 0.3) is 0 Å². The van der Waals surface area contributed by atoms with Gasteiger partial charge in [0, 0.05) is 11.5 Å². The highest BCUT2D eigenvalue weighted by molar-refractivity contribution is 5.80. The van der Waals surface area contributed by atoms with Crippen LogP contribution in [-0.2, 0) is 11.2 Å². The van der Waals surface area contributed by atoms with Crippen molar-refractivity contribution in [3.8, 4) is 11.5 Å². The molecule has 2 heterocycles. The lowest BCUT2D eigenvalue weighted by Crippen LogP contribution is -2.38. The molecule has 0 aliphatic carbocycles. The van der Waals surface area contributed by atoms with Crippen molar-refractivity contribution < 1.29 is 19.2 Å². The van der Waals surface area contributed by atoms with Crippen molar-refractivity contribution >= 4 is 5.91 Å². The highest BCUT2D eigenvalue weighted by Gasteiger charge is 2.50. The van der Waals surface area contributed by atoms with Crippen molar-refractivity contribution in [1.29, 1.82) is 0 Å². The van der Waals surface area contributed by atoms with E-state index in [9.17, 15) is 14.9 Å². The first-order chi connectivity index (χ1) is 10.1. The highest BCUT2D eigenvalue weighted by atomic mass is 16.6. The van der Waals surface area contributed by atoms with Crippen LogP contribution < -0.4 is 9.47 Å². The number of amides is 1. The summed E-state index contributed by atoms with van der Waals surface area (Å²) in [6.07, 6.45) is 0.633. The fraction of sp³-hybridized carbons (Fsp3) is 0.500. The van der Waals surface area contributed by atoms with Gasteiger partial charge in [-0.25, -0.2) is 0 Å². The molecule has 0 radical (unpaired) electrons. The molecule has 1 saturated heterocycles. The fourth-order valence-electron chi connectivity index (χ4n) is 3.27. The zero-order valence-corrected chi connectivity index (χ0v) is 11.9. The highest BCUT2D eigenvalue weighted by Crippen LogP contribution is 2.43. The first-order valence-electron chi connectivity index (χ1n) is 6.74. The molecule has 0 spiro atoms. The number of rotatable bonds is 3. The van der Waals surface area contributed by atoms with Gasteiger partial charge < -0.3 is 14.4 Å². The second-order valence-electron chi connectivity index (χ2n) is 5.24. The van der Waals surface area contributed by atoms with Crippen molar-refractivity contribution in [3.05, 3.63) is 33.4 Å². The van der Waals surface area contributed by atoms with Crippen molar-refractivity contribution in [3.63, 3.8) is 0 Å². The third kappa shape index (κ3) is 2.00. The number of hydrogen-bond donors (Lipinski definition) is 0. The predicted molar refractivity (Wildman–Crippen MR) is 73.1 cm³/mol. The standard InChI is InChI=1S/C14H16N2O5/c1-20-11-5-8-3-4-15-13(17)7-10(16(18)19)14(15)9(8)6-12(11)21-2/h5-6,10,14H,3-4,7H2,1-2H3/t10-,14+/m1/s1. The third-order valence-electron chi connectivity index (χ3n) is 4.26. The van der Waals surface area contributed by atoms with Crippen molar-refractivity contribution in [2.24, 2.45) is 0 Å². The summed E-state index contributed by atoms with van der Waals surface area (Å²) in [7, 11) is 3.08. The monoisotopic (exact) mass is 292 g/mol. The number of carbonyl (C=O) groups is 1. The van der Waals surface area contributed by atoms with E-state index in [4.69, 9.17) is 9.47 Å². The molecule has 2 aliphatic heterocycles. The molecule has 1 fully saturated rings. The van der Waals surface area contributed by atoms with Crippen LogP contribution in [0.1, 0.15) is 23.6 Å². The average molecular weight is 292 g/mol. The maximum absolute atomic E-state index is 12.0. The molecule has 2 atom stereocenters. The largest absolute Gasteiger partial charge is 0.493 e. The number of carbonyl (C=O) groups excluding carboxylic acids is 1. The number of hydrogen-bond acceptors (Lipinski definition) is 5. The fourth-order valence-corrected chi connectivity index (χ4v) is 3.27. The molecule has 0 bridgehead atoms. The Balaban J connectivity index is 2.11. The lowest BCUT2D eigenvalue weighted by Gasteiger charge is -2.32. The van der Waals surface area contributed by atoms with Crippen LogP contribution in [0, 0.1) is 10.1 Å². The Morgan fingerprint density at radius 1 is 1.29 bits per heavy atom. The van der Waals surface area contributed by atoms with Crippen LogP contribution in [0.5, 0.6) is 11.5 Å². The Kier molecular flexibility index (Phi) is 3.19. The topological polar surface area (TPSA) is 81.9 Å². The molecule has 7 nitrogen and oxygen atoms in total. The van der Waals surface area contributed by atoms with Gasteiger partial charge in [0.05, 0.1) is 20.6 Å². The van der Waals surface area contributed by atoms with E-state index in [1.54, 1.807) is 18.1 Å². The van der Waals surface area contributed by atoms with Crippen molar-refractivity contribution in [2.45, 2.75) is 24.9 Å². The van der Waals surface area contributed by atoms with E-state index in [2.05, 4.69) is 0 Å². The summed E-state index contributed by atoms with van der Waals surface area (Å²) in [5, 5.41) is 11.3. The number of nitrogens with zero attached hydrogens (tertiary/aromatic N) is 2. The molecule has 1 amide bonds. The first kappa shape index (κ1) is 13.7. The molecule has 112 valence electrons. The van der Waals surface area contributed by atoms with Gasteiger partial charge in [-0.3, -0.25) is 14.9 Å². The Labute approximate surface area is 121 Å². The quantitative estimate of drug-likeness (QED) is 0.617. The first-order valence-corrected chi connectivity index (χ1v) is 6.74. The second kappa shape index (κ2) is 4.91. The van der Waals surface area contributed by atoms with Crippen LogP contribution in [0.4, 0.5) is 0 Å². The zero-order chi connectivity index (χ0) is 15.1. The van der Waals surface area contributed by atoms with E-state index < -0.39 is 12.1 Å². The minimum Gasteiger partial charge on any atom is -0.493 e. The Morgan fingerprint density at radius 2 is 1.95 bits per heavy atom. The smallest absolute Gasteiger partial charge is 0.246 e. The normalized spacial score (nSPS) is 23.5. The molecular weight excluding hydrogens is 276 g/mol. The summed E-state index contributed by atoms with van der Waals surface area (Å²) >= 11 is 0. The molecule has 1 aromatic carbocycles. The number of methoxy groups -OCH3 is 2. The van der Waals surface area contributed by atoms with Gasteiger partial charge in [0.15, 0.2) is 11.5 Å². The molecule has 2 aliphatic rings. The molecule has 0 aromatic heterocycles. The molecule has 7 heteroatoms. The van der Waals surface area contributed by atoms with Crippen molar-refractivity contribution in [1.82, 2.24) is 4.90 Å². The van der Waals surface area contributed by atoms with Crippen LogP contribution in [0.3, 0.4) is 0 Å². The Hall–Kier alpha value is -2.31. The van der Waals surface area contributed by atoms with E-state index in [1.807, 2.05) is 6.07 Å². The van der Waals surface area contributed by atoms with Gasteiger partial charge in [-0.15, -0.1) is 0 Å². The number of benzene rings is 1. The van der Waals surface area contributed by atoms with Crippen LogP contribution in [-0.4, -0.2) is 42.5 Å². The molecule has 3 rings (SSSR count). The summed E-state index contributed by atoms with van der Waals surface area (Å²) in [4.78, 5) is 24.5. The predicted octanol–water partition coefficient (Wildman–Crippen LogP) is 1.18. The van der Waals surface area contributed by atoms with Crippen molar-refractivity contribution in [2.75, 3.05) is 20.8 Å². The molecule has 0 unspecified atom stereocenters. The Morgan fingerprint density at radius 3 is 2.57 bits per heavy atom. The summed E-state index contributed by atoms with van der Waals surface area (Å²) in [6.45, 7) is 0.510. The minimum absolute atomic E-state index is 0.0363. The van der Waals surface area contributed by atoms with Gasteiger partial charge in [-0.05, 0) is 29.7 Å². The summed E-state index contributed by atoms with van der Waals surface area (Å²) in [6, 6.07) is 2.22. The lowest BCUT2D eigenvalue weighted by atomic mass is 9.90. The molecule has 1 aromatic rings. The molecule has 21 heavy (non-hydrogen) atoms. The third-order valence-corrected chi connectivity index (χ3v) is 4.26. The zero-order valence-electron chi connectivity index (χ0n) is 11.9. The van der Waals surface area contributed by atoms with E-state index in [0.717, 1.165) is 11.1 Å². The Bertz CT molecular complexity index is 616.